The molecule has 2 N–H and O–H groups in total. The van der Waals surface area contributed by atoms with Crippen molar-refractivity contribution in [3.8, 4) is 0 Å². The number of amides is 2. The standard InChI is InChI=1S/C21H23N3O2S2/c1-3-4-12-19(25)22-15-8-7-9-16(13-15)27-14(2)20(26)24-21-23-17-10-5-6-11-18(17)28-21/h5-11,13-14H,3-4,12H2,1-2H3,(H,22,25)(H,23,24,26). The lowest BCUT2D eigenvalue weighted by Gasteiger charge is -2.12. The first-order chi connectivity index (χ1) is 13.5. The summed E-state index contributed by atoms with van der Waals surface area (Å²) in [6.07, 6.45) is 2.39. The van der Waals surface area contributed by atoms with Gasteiger partial charge in [0.1, 0.15) is 0 Å². The summed E-state index contributed by atoms with van der Waals surface area (Å²) in [7, 11) is 0. The van der Waals surface area contributed by atoms with Gasteiger partial charge in [-0.2, -0.15) is 0 Å². The second kappa shape index (κ2) is 9.71. The lowest BCUT2D eigenvalue weighted by atomic mass is 10.2. The molecule has 2 amide bonds. The van der Waals surface area contributed by atoms with Crippen LogP contribution in [0.25, 0.3) is 10.2 Å². The minimum atomic E-state index is -0.293. The van der Waals surface area contributed by atoms with E-state index in [-0.39, 0.29) is 17.1 Å². The van der Waals surface area contributed by atoms with E-state index in [2.05, 4.69) is 22.5 Å². The van der Waals surface area contributed by atoms with Crippen LogP contribution in [0, 0.1) is 0 Å². The van der Waals surface area contributed by atoms with E-state index in [1.165, 1.54) is 23.1 Å². The minimum Gasteiger partial charge on any atom is -0.326 e. The Balaban J connectivity index is 1.58. The second-order valence-corrected chi connectivity index (χ2v) is 8.86. The number of aromatic nitrogens is 1. The fraction of sp³-hybridized carbons (Fsp3) is 0.286. The van der Waals surface area contributed by atoms with Crippen molar-refractivity contribution in [1.82, 2.24) is 4.98 Å². The van der Waals surface area contributed by atoms with Crippen LogP contribution in [-0.4, -0.2) is 22.0 Å². The van der Waals surface area contributed by atoms with Crippen molar-refractivity contribution in [2.24, 2.45) is 0 Å². The number of unbranched alkanes of at least 4 members (excludes halogenated alkanes) is 1. The first-order valence-electron chi connectivity index (χ1n) is 9.28. The molecule has 5 nitrogen and oxygen atoms in total. The van der Waals surface area contributed by atoms with Gasteiger partial charge >= 0.3 is 0 Å². The quantitative estimate of drug-likeness (QED) is 0.475. The Labute approximate surface area is 172 Å². The van der Waals surface area contributed by atoms with E-state index in [4.69, 9.17) is 0 Å². The maximum Gasteiger partial charge on any atom is 0.239 e. The molecule has 3 rings (SSSR count). The Morgan fingerprint density at radius 1 is 1.14 bits per heavy atom. The molecule has 0 aliphatic rings. The first kappa shape index (κ1) is 20.4. The van der Waals surface area contributed by atoms with Gasteiger partial charge in [-0.3, -0.25) is 9.59 Å². The fourth-order valence-electron chi connectivity index (χ4n) is 2.60. The Morgan fingerprint density at radius 3 is 2.75 bits per heavy atom. The number of hydrogen-bond donors (Lipinski definition) is 2. The molecule has 3 aromatic rings. The van der Waals surface area contributed by atoms with Crippen molar-refractivity contribution < 1.29 is 9.59 Å². The Hall–Kier alpha value is -2.38. The Kier molecular flexibility index (Phi) is 7.06. The molecule has 0 spiro atoms. The zero-order chi connectivity index (χ0) is 19.9. The smallest absolute Gasteiger partial charge is 0.239 e. The third-order valence-electron chi connectivity index (χ3n) is 4.08. The number of benzene rings is 2. The fourth-order valence-corrected chi connectivity index (χ4v) is 4.39. The van der Waals surface area contributed by atoms with Gasteiger partial charge in [-0.1, -0.05) is 42.9 Å². The summed E-state index contributed by atoms with van der Waals surface area (Å²) in [6.45, 7) is 3.92. The summed E-state index contributed by atoms with van der Waals surface area (Å²) >= 11 is 2.92. The molecule has 146 valence electrons. The third kappa shape index (κ3) is 5.56. The summed E-state index contributed by atoms with van der Waals surface area (Å²) in [5, 5.41) is 6.13. The van der Waals surface area contributed by atoms with Crippen molar-refractivity contribution in [2.45, 2.75) is 43.3 Å². The number of anilines is 2. The SMILES string of the molecule is CCCCC(=O)Nc1cccc(SC(C)C(=O)Nc2nc3ccccc3s2)c1. The molecule has 0 radical (unpaired) electrons. The molecule has 0 saturated carbocycles. The highest BCUT2D eigenvalue weighted by molar-refractivity contribution is 8.00. The highest BCUT2D eigenvalue weighted by atomic mass is 32.2. The van der Waals surface area contributed by atoms with Crippen LogP contribution < -0.4 is 10.6 Å². The molecule has 2 aromatic carbocycles. The van der Waals surface area contributed by atoms with Crippen LogP contribution in [0.3, 0.4) is 0 Å². The maximum absolute atomic E-state index is 12.5. The number of hydrogen-bond acceptors (Lipinski definition) is 5. The molecule has 1 heterocycles. The van der Waals surface area contributed by atoms with Gasteiger partial charge < -0.3 is 10.6 Å². The summed E-state index contributed by atoms with van der Waals surface area (Å²) in [6, 6.07) is 15.4. The number of thiazole rings is 1. The predicted molar refractivity (Wildman–Crippen MR) is 118 cm³/mol. The average molecular weight is 414 g/mol. The molecule has 1 unspecified atom stereocenters. The zero-order valence-corrected chi connectivity index (χ0v) is 17.5. The van der Waals surface area contributed by atoms with Gasteiger partial charge in [-0.25, -0.2) is 4.98 Å². The lowest BCUT2D eigenvalue weighted by Crippen LogP contribution is -2.22. The molecule has 0 aliphatic heterocycles. The summed E-state index contributed by atoms with van der Waals surface area (Å²) in [4.78, 5) is 29.8. The van der Waals surface area contributed by atoms with Gasteiger partial charge in [0.2, 0.25) is 11.8 Å². The van der Waals surface area contributed by atoms with Crippen LogP contribution in [0.4, 0.5) is 10.8 Å². The molecule has 0 fully saturated rings. The van der Waals surface area contributed by atoms with E-state index in [1.807, 2.05) is 55.5 Å². The van der Waals surface area contributed by atoms with Gasteiger partial charge in [0.25, 0.3) is 0 Å². The first-order valence-corrected chi connectivity index (χ1v) is 11.0. The van der Waals surface area contributed by atoms with Crippen molar-refractivity contribution in [1.29, 1.82) is 0 Å². The van der Waals surface area contributed by atoms with Crippen LogP contribution in [0.5, 0.6) is 0 Å². The monoisotopic (exact) mass is 413 g/mol. The van der Waals surface area contributed by atoms with Gasteiger partial charge in [0.15, 0.2) is 5.13 Å². The number of para-hydroxylation sites is 1. The van der Waals surface area contributed by atoms with Crippen molar-refractivity contribution in [3.63, 3.8) is 0 Å². The minimum absolute atomic E-state index is 0.0191. The van der Waals surface area contributed by atoms with Crippen LogP contribution in [0.15, 0.2) is 53.4 Å². The number of nitrogens with one attached hydrogen (secondary N) is 2. The second-order valence-electron chi connectivity index (χ2n) is 6.42. The molecule has 1 atom stereocenters. The van der Waals surface area contributed by atoms with Crippen LogP contribution in [0.1, 0.15) is 33.1 Å². The molecular weight excluding hydrogens is 390 g/mol. The topological polar surface area (TPSA) is 71.1 Å². The number of fused-ring (bicyclic) bond motifs is 1. The van der Waals surface area contributed by atoms with Crippen molar-refractivity contribution in [2.75, 3.05) is 10.6 Å². The lowest BCUT2D eigenvalue weighted by molar-refractivity contribution is -0.116. The largest absolute Gasteiger partial charge is 0.326 e. The number of carbonyl (C=O) groups is 2. The van der Waals surface area contributed by atoms with E-state index in [0.29, 0.717) is 11.6 Å². The average Bonchev–Trinajstić information content (AvgIpc) is 3.08. The van der Waals surface area contributed by atoms with Gasteiger partial charge in [-0.15, -0.1) is 11.8 Å². The molecule has 28 heavy (non-hydrogen) atoms. The predicted octanol–water partition coefficient (Wildman–Crippen LogP) is 5.54. The highest BCUT2D eigenvalue weighted by Gasteiger charge is 2.17. The van der Waals surface area contributed by atoms with E-state index in [0.717, 1.165) is 33.6 Å². The van der Waals surface area contributed by atoms with E-state index < -0.39 is 0 Å². The number of rotatable bonds is 8. The molecule has 7 heteroatoms. The highest BCUT2D eigenvalue weighted by Crippen LogP contribution is 2.29. The number of nitrogens with zero attached hydrogens (tertiary/aromatic N) is 1. The maximum atomic E-state index is 12.5. The van der Waals surface area contributed by atoms with Crippen LogP contribution >= 0.6 is 23.1 Å². The van der Waals surface area contributed by atoms with Crippen molar-refractivity contribution in [3.05, 3.63) is 48.5 Å². The Bertz CT molecular complexity index is 938. The van der Waals surface area contributed by atoms with Crippen LogP contribution in [0.2, 0.25) is 0 Å². The number of carbonyl (C=O) groups excluding carboxylic acids is 2. The zero-order valence-electron chi connectivity index (χ0n) is 15.9. The molecule has 1 aromatic heterocycles. The molecule has 0 saturated heterocycles. The van der Waals surface area contributed by atoms with E-state index >= 15 is 0 Å². The van der Waals surface area contributed by atoms with Gasteiger partial charge in [0, 0.05) is 17.0 Å². The van der Waals surface area contributed by atoms with Crippen LogP contribution in [-0.2, 0) is 9.59 Å². The molecule has 0 bridgehead atoms. The summed E-state index contributed by atoms with van der Waals surface area (Å²) < 4.78 is 1.05. The Morgan fingerprint density at radius 2 is 1.96 bits per heavy atom. The van der Waals surface area contributed by atoms with Gasteiger partial charge in [0.05, 0.1) is 15.5 Å². The summed E-state index contributed by atoms with van der Waals surface area (Å²) in [5.41, 5.74) is 1.64. The third-order valence-corrected chi connectivity index (χ3v) is 6.13. The normalized spacial score (nSPS) is 11.9. The molecule has 0 aliphatic carbocycles. The number of thioether (sulfide) groups is 1. The van der Waals surface area contributed by atoms with E-state index in [1.54, 1.807) is 0 Å². The summed E-state index contributed by atoms with van der Waals surface area (Å²) in [5.74, 6) is -0.0768. The van der Waals surface area contributed by atoms with Gasteiger partial charge in [-0.05, 0) is 43.7 Å². The molecular formula is C21H23N3O2S2. The van der Waals surface area contributed by atoms with E-state index in [9.17, 15) is 9.59 Å². The van der Waals surface area contributed by atoms with Crippen molar-refractivity contribution >= 4 is 55.9 Å².